The number of rotatable bonds is 3. The van der Waals surface area contributed by atoms with Crippen LogP contribution in [-0.4, -0.2) is 25.3 Å². The van der Waals surface area contributed by atoms with Gasteiger partial charge in [-0.25, -0.2) is 0 Å². The molecule has 2 nitrogen and oxygen atoms in total. The monoisotopic (exact) mass is 185 g/mol. The molecule has 1 unspecified atom stereocenters. The van der Waals surface area contributed by atoms with Gasteiger partial charge in [-0.1, -0.05) is 20.8 Å². The maximum absolute atomic E-state index is 5.58. The Bertz CT molecular complexity index is 154. The Kier molecular flexibility index (Phi) is 3.36. The normalized spacial score (nSPS) is 29.5. The second-order valence-corrected chi connectivity index (χ2v) is 5.00. The molecule has 1 rings (SSSR count). The zero-order chi connectivity index (χ0) is 9.95. The predicted octanol–water partition coefficient (Wildman–Crippen LogP) is 2.19. The quantitative estimate of drug-likeness (QED) is 0.727. The second-order valence-electron chi connectivity index (χ2n) is 5.00. The van der Waals surface area contributed by atoms with Crippen LogP contribution in [0.1, 0.15) is 40.5 Å². The van der Waals surface area contributed by atoms with E-state index in [0.717, 1.165) is 19.8 Å². The average molecular weight is 185 g/mol. The highest BCUT2D eigenvalue weighted by atomic mass is 16.5. The molecule has 78 valence electrons. The fourth-order valence-electron chi connectivity index (χ4n) is 2.06. The van der Waals surface area contributed by atoms with Gasteiger partial charge in [-0.2, -0.15) is 0 Å². The van der Waals surface area contributed by atoms with Gasteiger partial charge in [0.05, 0.1) is 6.61 Å². The van der Waals surface area contributed by atoms with E-state index in [1.54, 1.807) is 0 Å². The molecule has 0 amide bonds. The maximum atomic E-state index is 5.58. The van der Waals surface area contributed by atoms with Crippen LogP contribution in [-0.2, 0) is 4.74 Å². The molecule has 1 atom stereocenters. The molecule has 0 bridgehead atoms. The van der Waals surface area contributed by atoms with Crippen LogP contribution in [0, 0.1) is 5.41 Å². The summed E-state index contributed by atoms with van der Waals surface area (Å²) in [6, 6.07) is 0. The molecule has 0 aromatic carbocycles. The van der Waals surface area contributed by atoms with Crippen molar-refractivity contribution in [1.29, 1.82) is 0 Å². The smallest absolute Gasteiger partial charge is 0.0653 e. The summed E-state index contributed by atoms with van der Waals surface area (Å²) in [6.45, 7) is 11.8. The summed E-state index contributed by atoms with van der Waals surface area (Å²) < 4.78 is 5.58. The lowest BCUT2D eigenvalue weighted by molar-refractivity contribution is 0.0270. The van der Waals surface area contributed by atoms with Crippen LogP contribution in [0.25, 0.3) is 0 Å². The Morgan fingerprint density at radius 1 is 1.38 bits per heavy atom. The van der Waals surface area contributed by atoms with E-state index in [1.165, 1.54) is 12.8 Å². The summed E-state index contributed by atoms with van der Waals surface area (Å²) in [5, 5.41) is 3.62. The topological polar surface area (TPSA) is 21.3 Å². The van der Waals surface area contributed by atoms with Crippen molar-refractivity contribution in [2.24, 2.45) is 5.41 Å². The van der Waals surface area contributed by atoms with Gasteiger partial charge >= 0.3 is 0 Å². The lowest BCUT2D eigenvalue weighted by Crippen LogP contribution is -2.54. The molecule has 1 aliphatic rings. The zero-order valence-corrected chi connectivity index (χ0v) is 9.44. The molecule has 1 fully saturated rings. The first-order valence-corrected chi connectivity index (χ1v) is 5.35. The third kappa shape index (κ3) is 2.23. The van der Waals surface area contributed by atoms with Crippen molar-refractivity contribution in [2.45, 2.75) is 46.1 Å². The van der Waals surface area contributed by atoms with Crippen LogP contribution in [0.4, 0.5) is 0 Å². The largest absolute Gasteiger partial charge is 0.380 e. The van der Waals surface area contributed by atoms with Gasteiger partial charge in [0.25, 0.3) is 0 Å². The summed E-state index contributed by atoms with van der Waals surface area (Å²) in [7, 11) is 0. The van der Waals surface area contributed by atoms with Gasteiger partial charge in [-0.3, -0.25) is 0 Å². The summed E-state index contributed by atoms with van der Waals surface area (Å²) in [5.74, 6) is 0. The van der Waals surface area contributed by atoms with Crippen molar-refractivity contribution >= 4 is 0 Å². The molecule has 1 heterocycles. The van der Waals surface area contributed by atoms with Crippen LogP contribution in [0.15, 0.2) is 0 Å². The number of hydrogen-bond donors (Lipinski definition) is 1. The van der Waals surface area contributed by atoms with E-state index in [4.69, 9.17) is 4.74 Å². The lowest BCUT2D eigenvalue weighted by Gasteiger charge is -2.42. The molecule has 2 heteroatoms. The Balaban J connectivity index is 2.64. The van der Waals surface area contributed by atoms with Gasteiger partial charge < -0.3 is 10.1 Å². The first-order valence-electron chi connectivity index (χ1n) is 5.35. The van der Waals surface area contributed by atoms with Crippen molar-refractivity contribution in [3.05, 3.63) is 0 Å². The number of ether oxygens (including phenoxy) is 1. The van der Waals surface area contributed by atoms with E-state index in [1.807, 2.05) is 0 Å². The number of hydrogen-bond acceptors (Lipinski definition) is 2. The van der Waals surface area contributed by atoms with Crippen molar-refractivity contribution in [1.82, 2.24) is 5.32 Å². The molecular weight excluding hydrogens is 162 g/mol. The Morgan fingerprint density at radius 2 is 2.08 bits per heavy atom. The van der Waals surface area contributed by atoms with Gasteiger partial charge in [0.15, 0.2) is 0 Å². The van der Waals surface area contributed by atoms with Gasteiger partial charge in [-0.15, -0.1) is 0 Å². The molecule has 1 aliphatic heterocycles. The molecule has 0 aliphatic carbocycles. The molecule has 0 aromatic heterocycles. The molecule has 13 heavy (non-hydrogen) atoms. The number of nitrogens with one attached hydrogen (secondary N) is 1. The standard InChI is InChI=1S/C11H23NO/c1-5-13-9-11(10(2,3)4)7-6-8-12-11/h12H,5-9H2,1-4H3. The minimum absolute atomic E-state index is 0.211. The average Bonchev–Trinajstić information content (AvgIpc) is 2.48. The molecule has 0 aromatic rings. The molecule has 0 spiro atoms. The van der Waals surface area contributed by atoms with Crippen molar-refractivity contribution in [2.75, 3.05) is 19.8 Å². The Morgan fingerprint density at radius 3 is 2.46 bits per heavy atom. The summed E-state index contributed by atoms with van der Waals surface area (Å²) in [6.07, 6.45) is 2.53. The van der Waals surface area contributed by atoms with Crippen LogP contribution in [0.5, 0.6) is 0 Å². The third-order valence-electron chi connectivity index (χ3n) is 3.23. The van der Waals surface area contributed by atoms with Crippen LogP contribution in [0.2, 0.25) is 0 Å². The molecule has 0 saturated carbocycles. The summed E-state index contributed by atoms with van der Waals surface area (Å²) >= 11 is 0. The van der Waals surface area contributed by atoms with E-state index in [-0.39, 0.29) is 5.54 Å². The molecule has 1 N–H and O–H groups in total. The highest BCUT2D eigenvalue weighted by Gasteiger charge is 2.43. The minimum atomic E-state index is 0.211. The van der Waals surface area contributed by atoms with E-state index >= 15 is 0 Å². The fraction of sp³-hybridized carbons (Fsp3) is 1.00. The Labute approximate surface area is 82.0 Å². The van der Waals surface area contributed by atoms with E-state index in [9.17, 15) is 0 Å². The molecule has 1 saturated heterocycles. The van der Waals surface area contributed by atoms with Gasteiger partial charge in [0, 0.05) is 12.1 Å². The highest BCUT2D eigenvalue weighted by molar-refractivity contribution is 5.01. The maximum Gasteiger partial charge on any atom is 0.0653 e. The minimum Gasteiger partial charge on any atom is -0.380 e. The fourth-order valence-corrected chi connectivity index (χ4v) is 2.06. The van der Waals surface area contributed by atoms with Crippen molar-refractivity contribution in [3.63, 3.8) is 0 Å². The van der Waals surface area contributed by atoms with Gasteiger partial charge in [0.2, 0.25) is 0 Å². The molecule has 0 radical (unpaired) electrons. The van der Waals surface area contributed by atoms with Crippen molar-refractivity contribution < 1.29 is 4.74 Å². The van der Waals surface area contributed by atoms with Gasteiger partial charge in [0.1, 0.15) is 0 Å². The SMILES string of the molecule is CCOCC1(C(C)(C)C)CCCN1. The lowest BCUT2D eigenvalue weighted by atomic mass is 9.73. The Hall–Kier alpha value is -0.0800. The van der Waals surface area contributed by atoms with Gasteiger partial charge in [-0.05, 0) is 31.7 Å². The highest BCUT2D eigenvalue weighted by Crippen LogP contribution is 2.37. The predicted molar refractivity (Wildman–Crippen MR) is 55.9 cm³/mol. The van der Waals surface area contributed by atoms with Crippen LogP contribution in [0.3, 0.4) is 0 Å². The summed E-state index contributed by atoms with van der Waals surface area (Å²) in [4.78, 5) is 0. The zero-order valence-electron chi connectivity index (χ0n) is 9.44. The van der Waals surface area contributed by atoms with E-state index in [2.05, 4.69) is 33.0 Å². The van der Waals surface area contributed by atoms with Crippen LogP contribution >= 0.6 is 0 Å². The first kappa shape index (κ1) is 11.0. The second kappa shape index (κ2) is 3.97. The summed E-state index contributed by atoms with van der Waals surface area (Å²) in [5.41, 5.74) is 0.502. The van der Waals surface area contributed by atoms with E-state index < -0.39 is 0 Å². The third-order valence-corrected chi connectivity index (χ3v) is 3.23. The van der Waals surface area contributed by atoms with Crippen LogP contribution < -0.4 is 5.32 Å². The first-order chi connectivity index (χ1) is 6.02. The van der Waals surface area contributed by atoms with Crippen molar-refractivity contribution in [3.8, 4) is 0 Å². The van der Waals surface area contributed by atoms with E-state index in [0.29, 0.717) is 5.41 Å². The molecular formula is C11H23NO.